The fraction of sp³-hybridized carbons (Fsp3) is 0.556. The Morgan fingerprint density at radius 3 is 2.50 bits per heavy atom. The highest BCUT2D eigenvalue weighted by Gasteiger charge is 2.19. The van der Waals surface area contributed by atoms with Gasteiger partial charge in [0.2, 0.25) is 0 Å². The Hall–Kier alpha value is -0.940. The van der Waals surface area contributed by atoms with E-state index in [0.29, 0.717) is 9.88 Å². The van der Waals surface area contributed by atoms with Crippen LogP contribution in [0.4, 0.5) is 0 Å². The SMILES string of the molecule is Cc1sc([C@H](N)C(C)C)nc1C(=O)O. The number of hydrogen-bond donors (Lipinski definition) is 2. The molecule has 0 bridgehead atoms. The first-order valence-electron chi connectivity index (χ1n) is 4.39. The molecule has 0 aliphatic rings. The third-order valence-corrected chi connectivity index (χ3v) is 3.09. The summed E-state index contributed by atoms with van der Waals surface area (Å²) >= 11 is 1.36. The number of rotatable bonds is 3. The number of nitrogens with zero attached hydrogens (tertiary/aromatic N) is 1. The Labute approximate surface area is 86.8 Å². The van der Waals surface area contributed by atoms with Crippen molar-refractivity contribution in [1.82, 2.24) is 4.98 Å². The van der Waals surface area contributed by atoms with Gasteiger partial charge in [0.05, 0.1) is 6.04 Å². The van der Waals surface area contributed by atoms with Crippen LogP contribution in [-0.4, -0.2) is 16.1 Å². The first kappa shape index (κ1) is 11.1. The lowest BCUT2D eigenvalue weighted by atomic mass is 10.1. The minimum absolute atomic E-state index is 0.126. The molecule has 0 saturated heterocycles. The zero-order valence-corrected chi connectivity index (χ0v) is 9.26. The second-order valence-corrected chi connectivity index (χ2v) is 4.77. The summed E-state index contributed by atoms with van der Waals surface area (Å²) in [7, 11) is 0. The Morgan fingerprint density at radius 2 is 2.14 bits per heavy atom. The summed E-state index contributed by atoms with van der Waals surface area (Å²) in [6, 6.07) is -0.174. The molecule has 1 heterocycles. The zero-order valence-electron chi connectivity index (χ0n) is 8.44. The molecule has 0 amide bonds. The van der Waals surface area contributed by atoms with Gasteiger partial charge in [-0.15, -0.1) is 11.3 Å². The van der Waals surface area contributed by atoms with E-state index in [-0.39, 0.29) is 17.7 Å². The summed E-state index contributed by atoms with van der Waals surface area (Å²) in [6.45, 7) is 5.72. The Kier molecular flexibility index (Phi) is 3.23. The van der Waals surface area contributed by atoms with Gasteiger partial charge in [-0.3, -0.25) is 0 Å². The molecule has 78 valence electrons. The summed E-state index contributed by atoms with van der Waals surface area (Å²) in [6.07, 6.45) is 0. The van der Waals surface area contributed by atoms with E-state index in [1.54, 1.807) is 6.92 Å². The van der Waals surface area contributed by atoms with Crippen LogP contribution in [0.2, 0.25) is 0 Å². The molecule has 1 aromatic heterocycles. The van der Waals surface area contributed by atoms with Gasteiger partial charge < -0.3 is 10.8 Å². The predicted octanol–water partition coefficient (Wildman–Crippen LogP) is 1.81. The number of carboxylic acid groups (broad SMARTS) is 1. The molecule has 14 heavy (non-hydrogen) atoms. The van der Waals surface area contributed by atoms with E-state index >= 15 is 0 Å². The van der Waals surface area contributed by atoms with E-state index in [0.717, 1.165) is 0 Å². The minimum atomic E-state index is -0.985. The van der Waals surface area contributed by atoms with Gasteiger partial charge in [0.25, 0.3) is 0 Å². The lowest BCUT2D eigenvalue weighted by Gasteiger charge is -2.11. The van der Waals surface area contributed by atoms with Gasteiger partial charge in [0.15, 0.2) is 5.69 Å². The third-order valence-electron chi connectivity index (χ3n) is 2.02. The molecule has 1 rings (SSSR count). The van der Waals surface area contributed by atoms with Crippen molar-refractivity contribution in [3.63, 3.8) is 0 Å². The van der Waals surface area contributed by atoms with E-state index in [4.69, 9.17) is 10.8 Å². The Balaban J connectivity index is 3.02. The average Bonchev–Trinajstić information content (AvgIpc) is 2.45. The molecule has 0 aliphatic carbocycles. The van der Waals surface area contributed by atoms with Crippen LogP contribution >= 0.6 is 11.3 Å². The number of aromatic carboxylic acids is 1. The van der Waals surface area contributed by atoms with Crippen molar-refractivity contribution in [3.8, 4) is 0 Å². The molecule has 0 aromatic carbocycles. The second-order valence-electron chi connectivity index (χ2n) is 3.53. The normalized spacial score (nSPS) is 13.2. The van der Waals surface area contributed by atoms with Crippen LogP contribution in [0.25, 0.3) is 0 Å². The maximum Gasteiger partial charge on any atom is 0.355 e. The molecule has 0 fully saturated rings. The number of hydrogen-bond acceptors (Lipinski definition) is 4. The summed E-state index contributed by atoms with van der Waals surface area (Å²) in [4.78, 5) is 15.5. The fourth-order valence-electron chi connectivity index (χ4n) is 1.04. The monoisotopic (exact) mass is 214 g/mol. The van der Waals surface area contributed by atoms with Crippen LogP contribution in [0, 0.1) is 12.8 Å². The van der Waals surface area contributed by atoms with Crippen LogP contribution in [-0.2, 0) is 0 Å². The van der Waals surface area contributed by atoms with Crippen LogP contribution in [0.1, 0.15) is 40.3 Å². The number of carboxylic acids is 1. The highest BCUT2D eigenvalue weighted by atomic mass is 32.1. The van der Waals surface area contributed by atoms with Gasteiger partial charge in [0, 0.05) is 4.88 Å². The zero-order chi connectivity index (χ0) is 10.9. The minimum Gasteiger partial charge on any atom is -0.476 e. The Morgan fingerprint density at radius 1 is 1.57 bits per heavy atom. The molecule has 4 nitrogen and oxygen atoms in total. The highest BCUT2D eigenvalue weighted by Crippen LogP contribution is 2.26. The van der Waals surface area contributed by atoms with E-state index in [9.17, 15) is 4.79 Å². The number of nitrogens with two attached hydrogens (primary N) is 1. The van der Waals surface area contributed by atoms with Gasteiger partial charge in [-0.05, 0) is 12.8 Å². The number of aryl methyl sites for hydroxylation is 1. The van der Waals surface area contributed by atoms with E-state index in [2.05, 4.69) is 4.98 Å². The maximum absolute atomic E-state index is 10.7. The summed E-state index contributed by atoms with van der Waals surface area (Å²) < 4.78 is 0. The summed E-state index contributed by atoms with van der Waals surface area (Å²) in [5.41, 5.74) is 6.00. The van der Waals surface area contributed by atoms with Gasteiger partial charge in [-0.1, -0.05) is 13.8 Å². The van der Waals surface area contributed by atoms with Gasteiger partial charge in [-0.2, -0.15) is 0 Å². The molecule has 0 aliphatic heterocycles. The van der Waals surface area contributed by atoms with Crippen LogP contribution in [0.15, 0.2) is 0 Å². The van der Waals surface area contributed by atoms with Crippen molar-refractivity contribution >= 4 is 17.3 Å². The van der Waals surface area contributed by atoms with Crippen molar-refractivity contribution in [2.75, 3.05) is 0 Å². The van der Waals surface area contributed by atoms with Gasteiger partial charge >= 0.3 is 5.97 Å². The molecule has 0 radical (unpaired) electrons. The largest absolute Gasteiger partial charge is 0.476 e. The predicted molar refractivity (Wildman–Crippen MR) is 55.6 cm³/mol. The van der Waals surface area contributed by atoms with Gasteiger partial charge in [0.1, 0.15) is 5.01 Å². The second kappa shape index (κ2) is 4.06. The summed E-state index contributed by atoms with van der Waals surface area (Å²) in [5, 5.41) is 9.51. The molecule has 0 spiro atoms. The van der Waals surface area contributed by atoms with Gasteiger partial charge in [-0.25, -0.2) is 9.78 Å². The van der Waals surface area contributed by atoms with Crippen molar-refractivity contribution in [1.29, 1.82) is 0 Å². The maximum atomic E-state index is 10.7. The van der Waals surface area contributed by atoms with Crippen LogP contribution in [0.3, 0.4) is 0 Å². The standard InChI is InChI=1S/C9H14N2O2S/c1-4(2)6(10)8-11-7(9(12)13)5(3)14-8/h4,6H,10H2,1-3H3,(H,12,13)/t6-/m1/s1. The van der Waals surface area contributed by atoms with Crippen molar-refractivity contribution in [2.45, 2.75) is 26.8 Å². The fourth-order valence-corrected chi connectivity index (χ4v) is 2.13. The number of thiazole rings is 1. The van der Waals surface area contributed by atoms with E-state index < -0.39 is 5.97 Å². The van der Waals surface area contributed by atoms with Crippen LogP contribution in [0.5, 0.6) is 0 Å². The van der Waals surface area contributed by atoms with Crippen LogP contribution < -0.4 is 5.73 Å². The average molecular weight is 214 g/mol. The van der Waals surface area contributed by atoms with E-state index in [1.807, 2.05) is 13.8 Å². The lowest BCUT2D eigenvalue weighted by molar-refractivity contribution is 0.0690. The Bertz CT molecular complexity index is 347. The molecule has 5 heteroatoms. The molecule has 3 N–H and O–H groups in total. The third kappa shape index (κ3) is 2.10. The quantitative estimate of drug-likeness (QED) is 0.804. The molecule has 0 saturated carbocycles. The van der Waals surface area contributed by atoms with Crippen molar-refractivity contribution in [3.05, 3.63) is 15.6 Å². The first-order chi connectivity index (χ1) is 6.43. The number of aromatic nitrogens is 1. The van der Waals surface area contributed by atoms with Crippen molar-refractivity contribution < 1.29 is 9.90 Å². The molecule has 1 atom stereocenters. The molecular formula is C9H14N2O2S. The topological polar surface area (TPSA) is 76.2 Å². The first-order valence-corrected chi connectivity index (χ1v) is 5.21. The van der Waals surface area contributed by atoms with E-state index in [1.165, 1.54) is 11.3 Å². The molecule has 0 unspecified atom stereocenters. The number of carbonyl (C=O) groups is 1. The molecule has 1 aromatic rings. The highest BCUT2D eigenvalue weighted by molar-refractivity contribution is 7.11. The van der Waals surface area contributed by atoms with Crippen molar-refractivity contribution in [2.24, 2.45) is 11.7 Å². The lowest BCUT2D eigenvalue weighted by Crippen LogP contribution is -2.16. The smallest absolute Gasteiger partial charge is 0.355 e. The summed E-state index contributed by atoms with van der Waals surface area (Å²) in [5.74, 6) is -0.719. The molecular weight excluding hydrogens is 200 g/mol.